The topological polar surface area (TPSA) is 88.4 Å². The number of carbonyl (C=O) groups excluding carboxylic acids is 1. The summed E-state index contributed by atoms with van der Waals surface area (Å²) < 4.78 is 0. The number of hydrogen-bond donors (Lipinski definition) is 3. The van der Waals surface area contributed by atoms with Gasteiger partial charge in [0.25, 0.3) is 5.91 Å². The minimum absolute atomic E-state index is 0.0752. The van der Waals surface area contributed by atoms with Crippen LogP contribution in [0.3, 0.4) is 0 Å². The molecule has 0 aliphatic heterocycles. The molecule has 0 saturated heterocycles. The molecule has 0 unspecified atom stereocenters. The highest BCUT2D eigenvalue weighted by Gasteiger charge is 2.17. The van der Waals surface area contributed by atoms with Crippen LogP contribution in [-0.4, -0.2) is 59.4 Å². The van der Waals surface area contributed by atoms with Gasteiger partial charge in [-0.3, -0.25) is 14.8 Å². The number of nitrogens with zero attached hydrogens (tertiary/aromatic N) is 3. The Balaban J connectivity index is 2.18. The summed E-state index contributed by atoms with van der Waals surface area (Å²) in [7, 11) is 0.196. The van der Waals surface area contributed by atoms with E-state index in [4.69, 9.17) is 0 Å². The summed E-state index contributed by atoms with van der Waals surface area (Å²) in [5.41, 5.74) is 5.09. The highest BCUT2D eigenvalue weighted by molar-refractivity contribution is 6.58. The second kappa shape index (κ2) is 11.4. The van der Waals surface area contributed by atoms with Gasteiger partial charge in [-0.05, 0) is 22.5 Å². The zero-order chi connectivity index (χ0) is 21.2. The summed E-state index contributed by atoms with van der Waals surface area (Å²) in [5.74, 6) is 0.263. The molecule has 0 aromatic heterocycles. The summed E-state index contributed by atoms with van der Waals surface area (Å²) in [4.78, 5) is 12.7. The first-order valence-corrected chi connectivity index (χ1v) is 9.65. The van der Waals surface area contributed by atoms with E-state index in [9.17, 15) is 14.8 Å². The lowest BCUT2D eigenvalue weighted by atomic mass is 9.80. The molecule has 0 aliphatic rings. The lowest BCUT2D eigenvalue weighted by Gasteiger charge is -2.26. The molecule has 0 atom stereocenters. The fraction of sp³-hybridized carbons (Fsp3) is 0.333. The monoisotopic (exact) mass is 396 g/mol. The van der Waals surface area contributed by atoms with Crippen molar-refractivity contribution in [2.45, 2.75) is 20.4 Å². The number of hydrogen-bond acceptors (Lipinski definition) is 6. The Morgan fingerprint density at radius 1 is 1.17 bits per heavy atom. The molecule has 0 fully saturated rings. The fourth-order valence-corrected chi connectivity index (χ4v) is 2.80. The minimum Gasteiger partial charge on any atom is -0.423 e. The van der Waals surface area contributed by atoms with Crippen LogP contribution in [0.4, 0.5) is 0 Å². The van der Waals surface area contributed by atoms with Crippen molar-refractivity contribution in [2.24, 2.45) is 11.0 Å². The predicted octanol–water partition coefficient (Wildman–Crippen LogP) is 0.821. The Morgan fingerprint density at radius 3 is 2.52 bits per heavy atom. The SMILES string of the molecule is CNN(CC(C)C)C(=O)CN(Cc1ccccc1)/N=C/c1cccc(B(O)O)c1. The van der Waals surface area contributed by atoms with Crippen molar-refractivity contribution in [1.29, 1.82) is 0 Å². The maximum absolute atomic E-state index is 12.7. The molecule has 8 heteroatoms. The summed E-state index contributed by atoms with van der Waals surface area (Å²) in [6, 6.07) is 16.6. The molecule has 0 spiro atoms. The molecule has 154 valence electrons. The van der Waals surface area contributed by atoms with Gasteiger partial charge < -0.3 is 10.0 Å². The predicted molar refractivity (Wildman–Crippen MR) is 116 cm³/mol. The van der Waals surface area contributed by atoms with Crippen LogP contribution in [0.15, 0.2) is 59.7 Å². The maximum Gasteiger partial charge on any atom is 0.488 e. The standard InChI is InChI=1S/C21H29BN4O3/c1-17(2)14-26(23-3)21(27)16-25(15-18-8-5-4-6-9-18)24-13-19-10-7-11-20(12-19)22(28)29/h4-13,17,23,28-29H,14-16H2,1-3H3/b24-13+. The molecule has 7 nitrogen and oxygen atoms in total. The van der Waals surface area contributed by atoms with E-state index >= 15 is 0 Å². The van der Waals surface area contributed by atoms with Gasteiger partial charge in [0.1, 0.15) is 6.54 Å². The third-order valence-electron chi connectivity index (χ3n) is 4.22. The van der Waals surface area contributed by atoms with Crippen molar-refractivity contribution in [3.63, 3.8) is 0 Å². The Hall–Kier alpha value is -2.68. The lowest BCUT2D eigenvalue weighted by Crippen LogP contribution is -2.46. The minimum atomic E-state index is -1.54. The zero-order valence-corrected chi connectivity index (χ0v) is 17.2. The van der Waals surface area contributed by atoms with Crippen LogP contribution in [0.2, 0.25) is 0 Å². The molecule has 0 bridgehead atoms. The van der Waals surface area contributed by atoms with E-state index in [1.165, 1.54) is 0 Å². The van der Waals surface area contributed by atoms with Crippen molar-refractivity contribution >= 4 is 24.7 Å². The highest BCUT2D eigenvalue weighted by atomic mass is 16.4. The van der Waals surface area contributed by atoms with Crippen LogP contribution >= 0.6 is 0 Å². The van der Waals surface area contributed by atoms with Crippen LogP contribution < -0.4 is 10.9 Å². The second-order valence-electron chi connectivity index (χ2n) is 7.22. The zero-order valence-electron chi connectivity index (χ0n) is 17.2. The van der Waals surface area contributed by atoms with Crippen LogP contribution in [0.25, 0.3) is 0 Å². The van der Waals surface area contributed by atoms with Crippen molar-refractivity contribution in [2.75, 3.05) is 20.1 Å². The van der Waals surface area contributed by atoms with Gasteiger partial charge in [-0.25, -0.2) is 5.43 Å². The van der Waals surface area contributed by atoms with Crippen molar-refractivity contribution in [1.82, 2.24) is 15.4 Å². The van der Waals surface area contributed by atoms with Crippen molar-refractivity contribution < 1.29 is 14.8 Å². The first-order chi connectivity index (χ1) is 13.9. The van der Waals surface area contributed by atoms with E-state index in [0.29, 0.717) is 30.0 Å². The molecular weight excluding hydrogens is 367 g/mol. The molecule has 0 radical (unpaired) electrons. The Labute approximate surface area is 172 Å². The quantitative estimate of drug-likeness (QED) is 0.315. The summed E-state index contributed by atoms with van der Waals surface area (Å²) >= 11 is 0. The van der Waals surface area contributed by atoms with Crippen LogP contribution in [0, 0.1) is 5.92 Å². The fourth-order valence-electron chi connectivity index (χ4n) is 2.80. The average Bonchev–Trinajstić information content (AvgIpc) is 2.71. The first kappa shape index (κ1) is 22.6. The molecule has 0 saturated carbocycles. The Bertz CT molecular complexity index is 800. The van der Waals surface area contributed by atoms with Crippen molar-refractivity contribution in [3.05, 3.63) is 65.7 Å². The highest BCUT2D eigenvalue weighted by Crippen LogP contribution is 2.07. The van der Waals surface area contributed by atoms with E-state index < -0.39 is 7.12 Å². The van der Waals surface area contributed by atoms with Gasteiger partial charge in [-0.15, -0.1) is 0 Å². The van der Waals surface area contributed by atoms with Gasteiger partial charge in [-0.2, -0.15) is 5.10 Å². The van der Waals surface area contributed by atoms with E-state index in [1.807, 2.05) is 36.4 Å². The van der Waals surface area contributed by atoms with E-state index in [1.54, 1.807) is 41.5 Å². The second-order valence-corrected chi connectivity index (χ2v) is 7.22. The number of rotatable bonds is 10. The van der Waals surface area contributed by atoms with Gasteiger partial charge in [-0.1, -0.05) is 68.4 Å². The Kier molecular flexibility index (Phi) is 8.86. The van der Waals surface area contributed by atoms with Crippen LogP contribution in [-0.2, 0) is 11.3 Å². The van der Waals surface area contributed by atoms with E-state index in [-0.39, 0.29) is 12.5 Å². The number of amides is 1. The first-order valence-electron chi connectivity index (χ1n) is 9.65. The number of hydrazine groups is 1. The van der Waals surface area contributed by atoms with Gasteiger partial charge in [0.15, 0.2) is 0 Å². The summed E-state index contributed by atoms with van der Waals surface area (Å²) in [6.07, 6.45) is 1.62. The molecule has 29 heavy (non-hydrogen) atoms. The number of carbonyl (C=O) groups is 1. The molecule has 3 N–H and O–H groups in total. The van der Waals surface area contributed by atoms with Gasteiger partial charge >= 0.3 is 7.12 Å². The van der Waals surface area contributed by atoms with Crippen molar-refractivity contribution in [3.8, 4) is 0 Å². The smallest absolute Gasteiger partial charge is 0.423 e. The average molecular weight is 396 g/mol. The van der Waals surface area contributed by atoms with Crippen LogP contribution in [0.5, 0.6) is 0 Å². The molecule has 0 heterocycles. The molecular formula is C21H29BN4O3. The number of nitrogens with one attached hydrogen (secondary N) is 1. The summed E-state index contributed by atoms with van der Waals surface area (Å²) in [6.45, 7) is 5.31. The van der Waals surface area contributed by atoms with E-state index in [0.717, 1.165) is 5.56 Å². The third kappa shape index (κ3) is 7.69. The maximum atomic E-state index is 12.7. The molecule has 2 rings (SSSR count). The van der Waals surface area contributed by atoms with E-state index in [2.05, 4.69) is 24.4 Å². The molecule has 2 aromatic rings. The number of hydrazone groups is 1. The summed E-state index contributed by atoms with van der Waals surface area (Å²) in [5, 5.41) is 26.5. The molecule has 2 aromatic carbocycles. The Morgan fingerprint density at radius 2 is 1.90 bits per heavy atom. The van der Waals surface area contributed by atoms with Gasteiger partial charge in [0.2, 0.25) is 0 Å². The normalized spacial score (nSPS) is 11.1. The van der Waals surface area contributed by atoms with Gasteiger partial charge in [0.05, 0.1) is 12.8 Å². The van der Waals surface area contributed by atoms with Crippen LogP contribution in [0.1, 0.15) is 25.0 Å². The molecule has 0 aliphatic carbocycles. The lowest BCUT2D eigenvalue weighted by molar-refractivity contribution is -0.136. The number of benzene rings is 2. The third-order valence-corrected chi connectivity index (χ3v) is 4.22. The largest absolute Gasteiger partial charge is 0.488 e. The molecule has 1 amide bonds. The van der Waals surface area contributed by atoms with Gasteiger partial charge in [0, 0.05) is 13.6 Å².